The highest BCUT2D eigenvalue weighted by molar-refractivity contribution is 8.03. The Balaban J connectivity index is 1.68. The number of nitrogens with one attached hydrogen (secondary N) is 1. The van der Waals surface area contributed by atoms with E-state index in [1.807, 2.05) is 29.2 Å². The SMILES string of the molecule is CC(=O)c1ccc(CCN(C(=O)Nc2ncc(SC(C)(C)C(=O)O)s2)[C@H]2CC[C@H](C)CC2)cc1. The van der Waals surface area contributed by atoms with E-state index in [9.17, 15) is 19.5 Å². The van der Waals surface area contributed by atoms with E-state index in [1.54, 1.807) is 27.0 Å². The highest BCUT2D eigenvalue weighted by Gasteiger charge is 2.30. The van der Waals surface area contributed by atoms with Crippen molar-refractivity contribution in [3.63, 3.8) is 0 Å². The van der Waals surface area contributed by atoms with E-state index in [4.69, 9.17) is 0 Å². The Kier molecular flexibility index (Phi) is 8.76. The molecule has 1 aliphatic rings. The molecule has 1 heterocycles. The number of anilines is 1. The molecule has 0 atom stereocenters. The van der Waals surface area contributed by atoms with Crippen LogP contribution in [0.5, 0.6) is 0 Å². The number of benzene rings is 1. The number of thiazole rings is 1. The average Bonchev–Trinajstić information content (AvgIpc) is 3.21. The number of carbonyl (C=O) groups is 3. The van der Waals surface area contributed by atoms with Crippen molar-refractivity contribution in [3.8, 4) is 0 Å². The molecule has 0 saturated heterocycles. The lowest BCUT2D eigenvalue weighted by Crippen LogP contribution is -2.45. The zero-order valence-corrected chi connectivity index (χ0v) is 21.8. The standard InChI is InChI=1S/C25H33N3O4S2/c1-16-5-11-20(12-6-16)28(14-13-18-7-9-19(10-8-18)17(2)29)24(32)27-23-26-15-21(33-23)34-25(3,4)22(30)31/h7-10,15-16,20H,5-6,11-14H2,1-4H3,(H,30,31)(H,26,27,32)/t16-,20-. The van der Waals surface area contributed by atoms with Crippen molar-refractivity contribution in [1.29, 1.82) is 0 Å². The van der Waals surface area contributed by atoms with E-state index in [0.29, 0.717) is 29.6 Å². The average molecular weight is 504 g/mol. The van der Waals surface area contributed by atoms with Crippen LogP contribution in [0.15, 0.2) is 34.7 Å². The number of carboxylic acids is 1. The van der Waals surface area contributed by atoms with Gasteiger partial charge < -0.3 is 10.0 Å². The van der Waals surface area contributed by atoms with Gasteiger partial charge in [0.05, 0.1) is 10.4 Å². The van der Waals surface area contributed by atoms with Gasteiger partial charge in [0.1, 0.15) is 4.75 Å². The lowest BCUT2D eigenvalue weighted by atomic mass is 9.86. The first-order valence-electron chi connectivity index (χ1n) is 11.6. The highest BCUT2D eigenvalue weighted by Crippen LogP contribution is 2.37. The molecule has 2 amide bonds. The summed E-state index contributed by atoms with van der Waals surface area (Å²) in [5.41, 5.74) is 1.76. The largest absolute Gasteiger partial charge is 0.480 e. The molecule has 0 radical (unpaired) electrons. The Hall–Kier alpha value is -2.39. The molecule has 0 spiro atoms. The monoisotopic (exact) mass is 503 g/mol. The van der Waals surface area contributed by atoms with Crippen LogP contribution in [0, 0.1) is 5.92 Å². The van der Waals surface area contributed by atoms with E-state index >= 15 is 0 Å². The van der Waals surface area contributed by atoms with Gasteiger partial charge in [-0.3, -0.25) is 14.9 Å². The summed E-state index contributed by atoms with van der Waals surface area (Å²) in [4.78, 5) is 42.5. The number of hydrogen-bond donors (Lipinski definition) is 2. The number of hydrogen-bond acceptors (Lipinski definition) is 6. The van der Waals surface area contributed by atoms with Crippen molar-refractivity contribution in [3.05, 3.63) is 41.6 Å². The third kappa shape index (κ3) is 7.06. The molecule has 184 valence electrons. The fourth-order valence-corrected chi connectivity index (χ4v) is 6.25. The number of amides is 2. The molecule has 1 saturated carbocycles. The normalized spacial score (nSPS) is 18.4. The second-order valence-electron chi connectivity index (χ2n) is 9.44. The third-order valence-corrected chi connectivity index (χ3v) is 8.46. The number of carbonyl (C=O) groups excluding carboxylic acids is 2. The summed E-state index contributed by atoms with van der Waals surface area (Å²) in [7, 11) is 0. The van der Waals surface area contributed by atoms with Crippen LogP contribution in [-0.2, 0) is 11.2 Å². The minimum absolute atomic E-state index is 0.0385. The minimum atomic E-state index is -0.976. The van der Waals surface area contributed by atoms with Crippen molar-refractivity contribution in [1.82, 2.24) is 9.88 Å². The molecule has 1 aromatic heterocycles. The Labute approximate surface area is 209 Å². The number of urea groups is 1. The molecule has 1 aliphatic carbocycles. The fraction of sp³-hybridized carbons (Fsp3) is 0.520. The summed E-state index contributed by atoms with van der Waals surface area (Å²) in [6.07, 6.45) is 6.46. The predicted molar refractivity (Wildman–Crippen MR) is 137 cm³/mol. The first-order chi connectivity index (χ1) is 16.0. The van der Waals surface area contributed by atoms with Crippen LogP contribution < -0.4 is 5.32 Å². The van der Waals surface area contributed by atoms with Crippen LogP contribution in [0.25, 0.3) is 0 Å². The Morgan fingerprint density at radius 2 is 1.82 bits per heavy atom. The van der Waals surface area contributed by atoms with Crippen LogP contribution in [-0.4, -0.2) is 50.1 Å². The lowest BCUT2D eigenvalue weighted by molar-refractivity contribution is -0.138. The number of thioether (sulfide) groups is 1. The van der Waals surface area contributed by atoms with Crippen molar-refractivity contribution < 1.29 is 19.5 Å². The summed E-state index contributed by atoms with van der Waals surface area (Å²) >= 11 is 2.50. The van der Waals surface area contributed by atoms with Gasteiger partial charge in [0.2, 0.25) is 0 Å². The number of rotatable bonds is 9. The summed E-state index contributed by atoms with van der Waals surface area (Å²) < 4.78 is -0.234. The number of ketones is 1. The van der Waals surface area contributed by atoms with Gasteiger partial charge in [0.15, 0.2) is 10.9 Å². The minimum Gasteiger partial charge on any atom is -0.480 e. The van der Waals surface area contributed by atoms with Gasteiger partial charge in [0, 0.05) is 18.2 Å². The quantitative estimate of drug-likeness (QED) is 0.324. The molecule has 9 heteroatoms. The molecule has 1 fully saturated rings. The molecule has 0 unspecified atom stereocenters. The van der Waals surface area contributed by atoms with E-state index in [0.717, 1.165) is 35.5 Å². The zero-order chi connectivity index (χ0) is 24.9. The van der Waals surface area contributed by atoms with Gasteiger partial charge in [-0.15, -0.1) is 0 Å². The molecular formula is C25H33N3O4S2. The van der Waals surface area contributed by atoms with Gasteiger partial charge in [-0.1, -0.05) is 54.3 Å². The Morgan fingerprint density at radius 3 is 2.41 bits per heavy atom. The number of carboxylic acid groups (broad SMARTS) is 1. The number of aromatic nitrogens is 1. The predicted octanol–water partition coefficient (Wildman–Crippen LogP) is 5.96. The Morgan fingerprint density at radius 1 is 1.18 bits per heavy atom. The van der Waals surface area contributed by atoms with E-state index < -0.39 is 10.7 Å². The van der Waals surface area contributed by atoms with Crippen LogP contribution >= 0.6 is 23.1 Å². The summed E-state index contributed by atoms with van der Waals surface area (Å²) in [5, 5.41) is 12.8. The maximum Gasteiger partial charge on any atom is 0.323 e. The molecule has 2 N–H and O–H groups in total. The number of nitrogens with zero attached hydrogens (tertiary/aromatic N) is 2. The summed E-state index contributed by atoms with van der Waals surface area (Å²) in [6.45, 7) is 7.67. The molecule has 34 heavy (non-hydrogen) atoms. The van der Waals surface area contributed by atoms with Gasteiger partial charge >= 0.3 is 12.0 Å². The van der Waals surface area contributed by atoms with Crippen molar-refractivity contribution in [2.24, 2.45) is 5.92 Å². The zero-order valence-electron chi connectivity index (χ0n) is 20.2. The molecule has 3 rings (SSSR count). The molecular weight excluding hydrogens is 470 g/mol. The second-order valence-corrected chi connectivity index (χ2v) is 12.4. The molecule has 1 aromatic carbocycles. The number of Topliss-reactive ketones (excluding diaryl/α,β-unsaturated/α-hetero) is 1. The van der Waals surface area contributed by atoms with E-state index in [1.165, 1.54) is 23.1 Å². The second kappa shape index (κ2) is 11.4. The van der Waals surface area contributed by atoms with Crippen LogP contribution in [0.1, 0.15) is 69.3 Å². The first-order valence-corrected chi connectivity index (χ1v) is 13.2. The van der Waals surface area contributed by atoms with Crippen molar-refractivity contribution >= 4 is 46.0 Å². The third-order valence-electron chi connectivity index (χ3n) is 6.26. The van der Waals surface area contributed by atoms with Crippen molar-refractivity contribution in [2.45, 2.75) is 74.8 Å². The molecule has 0 bridgehead atoms. The topological polar surface area (TPSA) is 99.6 Å². The van der Waals surface area contributed by atoms with Gasteiger partial charge in [-0.05, 0) is 64.4 Å². The van der Waals surface area contributed by atoms with Gasteiger partial charge in [0.25, 0.3) is 0 Å². The van der Waals surface area contributed by atoms with Crippen molar-refractivity contribution in [2.75, 3.05) is 11.9 Å². The van der Waals surface area contributed by atoms with E-state index in [-0.39, 0.29) is 17.9 Å². The van der Waals surface area contributed by atoms with Gasteiger partial charge in [-0.2, -0.15) is 0 Å². The van der Waals surface area contributed by atoms with Crippen LogP contribution in [0.3, 0.4) is 0 Å². The fourth-order valence-electron chi connectivity index (χ4n) is 3.98. The van der Waals surface area contributed by atoms with Crippen LogP contribution in [0.2, 0.25) is 0 Å². The molecule has 2 aromatic rings. The maximum absolute atomic E-state index is 13.3. The first kappa shape index (κ1) is 26.2. The smallest absolute Gasteiger partial charge is 0.323 e. The highest BCUT2D eigenvalue weighted by atomic mass is 32.2. The lowest BCUT2D eigenvalue weighted by Gasteiger charge is -2.36. The Bertz CT molecular complexity index is 1010. The summed E-state index contributed by atoms with van der Waals surface area (Å²) in [6, 6.07) is 7.56. The number of aliphatic carboxylic acids is 1. The van der Waals surface area contributed by atoms with Crippen LogP contribution in [0.4, 0.5) is 9.93 Å². The maximum atomic E-state index is 13.3. The van der Waals surface area contributed by atoms with E-state index in [2.05, 4.69) is 17.2 Å². The van der Waals surface area contributed by atoms with Gasteiger partial charge in [-0.25, -0.2) is 9.78 Å². The molecule has 7 nitrogen and oxygen atoms in total. The summed E-state index contributed by atoms with van der Waals surface area (Å²) in [5.74, 6) is -0.182. The molecule has 0 aliphatic heterocycles.